The van der Waals surface area contributed by atoms with Gasteiger partial charge in [-0.25, -0.2) is 10.8 Å². The highest BCUT2D eigenvalue weighted by molar-refractivity contribution is 6.32. The van der Waals surface area contributed by atoms with Crippen molar-refractivity contribution in [3.05, 3.63) is 41.3 Å². The molecule has 100 valence electrons. The quantitative estimate of drug-likeness (QED) is 0.637. The van der Waals surface area contributed by atoms with Crippen molar-refractivity contribution in [1.82, 2.24) is 15.0 Å². The summed E-state index contributed by atoms with van der Waals surface area (Å²) < 4.78 is 0. The number of halogens is 1. The molecule has 19 heavy (non-hydrogen) atoms. The zero-order valence-corrected chi connectivity index (χ0v) is 11.3. The predicted octanol–water partition coefficient (Wildman–Crippen LogP) is 1.49. The molecular formula is C12H15ClN6. The fourth-order valence-corrected chi connectivity index (χ4v) is 1.86. The predicted molar refractivity (Wildman–Crippen MR) is 76.1 cm³/mol. The normalized spacial score (nSPS) is 10.3. The van der Waals surface area contributed by atoms with E-state index in [1.54, 1.807) is 6.20 Å². The van der Waals surface area contributed by atoms with E-state index in [4.69, 9.17) is 17.4 Å². The highest BCUT2D eigenvalue weighted by Gasteiger charge is 2.10. The molecule has 0 spiro atoms. The van der Waals surface area contributed by atoms with E-state index in [9.17, 15) is 0 Å². The number of hydrazine groups is 1. The number of nitrogen functional groups attached to an aromatic ring is 1. The summed E-state index contributed by atoms with van der Waals surface area (Å²) in [5.41, 5.74) is 3.43. The van der Waals surface area contributed by atoms with E-state index in [0.29, 0.717) is 16.8 Å². The molecule has 6 nitrogen and oxygen atoms in total. The molecule has 0 bridgehead atoms. The van der Waals surface area contributed by atoms with Crippen molar-refractivity contribution >= 4 is 23.4 Å². The summed E-state index contributed by atoms with van der Waals surface area (Å²) in [5.74, 6) is 6.26. The van der Waals surface area contributed by atoms with Crippen molar-refractivity contribution in [2.75, 3.05) is 23.9 Å². The molecule has 0 aromatic carbocycles. The highest BCUT2D eigenvalue weighted by atomic mass is 35.5. The van der Waals surface area contributed by atoms with Crippen molar-refractivity contribution < 1.29 is 0 Å². The van der Waals surface area contributed by atoms with Gasteiger partial charge in [-0.2, -0.15) is 4.98 Å². The van der Waals surface area contributed by atoms with Crippen LogP contribution in [0.2, 0.25) is 5.02 Å². The second-order valence-electron chi connectivity index (χ2n) is 4.00. The molecule has 0 fully saturated rings. The summed E-state index contributed by atoms with van der Waals surface area (Å²) in [4.78, 5) is 14.4. The van der Waals surface area contributed by atoms with E-state index >= 15 is 0 Å². The summed E-state index contributed by atoms with van der Waals surface area (Å²) in [5, 5.41) is 0.488. The highest BCUT2D eigenvalue weighted by Crippen LogP contribution is 2.22. The number of likely N-dealkylation sites (N-methyl/N-ethyl adjacent to an activating group) is 1. The Morgan fingerprint density at radius 1 is 1.37 bits per heavy atom. The number of hydrogen-bond acceptors (Lipinski definition) is 6. The van der Waals surface area contributed by atoms with Crippen LogP contribution in [-0.4, -0.2) is 28.5 Å². The lowest BCUT2D eigenvalue weighted by Gasteiger charge is -2.19. The van der Waals surface area contributed by atoms with Gasteiger partial charge in [0.2, 0.25) is 5.95 Å². The van der Waals surface area contributed by atoms with Gasteiger partial charge in [-0.05, 0) is 12.1 Å². The van der Waals surface area contributed by atoms with Gasteiger partial charge in [0.05, 0.1) is 6.20 Å². The first kappa shape index (κ1) is 13.5. The molecule has 0 aliphatic heterocycles. The summed E-state index contributed by atoms with van der Waals surface area (Å²) in [6.45, 7) is 0.748. The molecule has 2 aromatic heterocycles. The topological polar surface area (TPSA) is 80.0 Å². The zero-order valence-electron chi connectivity index (χ0n) is 10.5. The molecule has 0 aliphatic carbocycles. The SMILES string of the molecule is CN(CCc1ccccn1)c1nc(NN)ncc1Cl. The van der Waals surface area contributed by atoms with Crippen LogP contribution in [0.1, 0.15) is 5.69 Å². The second kappa shape index (κ2) is 6.31. The molecule has 2 aromatic rings. The minimum absolute atomic E-state index is 0.337. The molecule has 0 saturated heterocycles. The molecule has 7 heteroatoms. The van der Waals surface area contributed by atoms with Crippen LogP contribution in [0.4, 0.5) is 11.8 Å². The van der Waals surface area contributed by atoms with Crippen molar-refractivity contribution in [3.63, 3.8) is 0 Å². The van der Waals surface area contributed by atoms with Crippen LogP contribution in [0.3, 0.4) is 0 Å². The Kier molecular flexibility index (Phi) is 4.48. The van der Waals surface area contributed by atoms with Crippen molar-refractivity contribution in [1.29, 1.82) is 0 Å². The lowest BCUT2D eigenvalue weighted by Crippen LogP contribution is -2.23. The van der Waals surface area contributed by atoms with Crippen molar-refractivity contribution in [2.45, 2.75) is 6.42 Å². The zero-order chi connectivity index (χ0) is 13.7. The number of aromatic nitrogens is 3. The molecule has 0 aliphatic rings. The average Bonchev–Trinajstić information content (AvgIpc) is 2.46. The van der Waals surface area contributed by atoms with Gasteiger partial charge < -0.3 is 4.90 Å². The summed E-state index contributed by atoms with van der Waals surface area (Å²) in [6, 6.07) is 5.85. The van der Waals surface area contributed by atoms with Crippen LogP contribution in [0.15, 0.2) is 30.6 Å². The Balaban J connectivity index is 2.05. The minimum atomic E-state index is 0.337. The number of hydrogen-bond donors (Lipinski definition) is 2. The lowest BCUT2D eigenvalue weighted by atomic mass is 10.2. The third-order valence-electron chi connectivity index (χ3n) is 2.65. The van der Waals surface area contributed by atoms with E-state index < -0.39 is 0 Å². The molecular weight excluding hydrogens is 264 g/mol. The van der Waals surface area contributed by atoms with Crippen LogP contribution in [0.5, 0.6) is 0 Å². The maximum Gasteiger partial charge on any atom is 0.239 e. The Hall–Kier alpha value is -1.92. The standard InChI is InChI=1S/C12H15ClN6/c1-19(7-5-9-4-2-3-6-15-9)11-10(13)8-16-12(17-11)18-14/h2-4,6,8H,5,7,14H2,1H3,(H,16,17,18). The Labute approximate surface area is 116 Å². The number of nitrogens with one attached hydrogen (secondary N) is 1. The smallest absolute Gasteiger partial charge is 0.239 e. The molecule has 0 saturated carbocycles. The van der Waals surface area contributed by atoms with Gasteiger partial charge in [0.15, 0.2) is 5.82 Å². The van der Waals surface area contributed by atoms with Crippen LogP contribution >= 0.6 is 11.6 Å². The summed E-state index contributed by atoms with van der Waals surface area (Å²) in [6.07, 6.45) is 4.11. The van der Waals surface area contributed by atoms with Gasteiger partial charge in [0.1, 0.15) is 5.02 Å². The maximum atomic E-state index is 6.08. The van der Waals surface area contributed by atoms with Gasteiger partial charge in [0.25, 0.3) is 0 Å². The largest absolute Gasteiger partial charge is 0.358 e. The first-order valence-electron chi connectivity index (χ1n) is 5.81. The Morgan fingerprint density at radius 2 is 2.21 bits per heavy atom. The maximum absolute atomic E-state index is 6.08. The van der Waals surface area contributed by atoms with Gasteiger partial charge in [-0.15, -0.1) is 0 Å². The molecule has 2 heterocycles. The second-order valence-corrected chi connectivity index (χ2v) is 4.41. The molecule has 3 N–H and O–H groups in total. The molecule has 0 atom stereocenters. The third-order valence-corrected chi connectivity index (χ3v) is 2.91. The molecule has 0 unspecified atom stereocenters. The van der Waals surface area contributed by atoms with E-state index in [-0.39, 0.29) is 0 Å². The first-order chi connectivity index (χ1) is 9.20. The van der Waals surface area contributed by atoms with E-state index in [0.717, 1.165) is 18.7 Å². The lowest BCUT2D eigenvalue weighted by molar-refractivity contribution is 0.836. The van der Waals surface area contributed by atoms with E-state index in [1.165, 1.54) is 6.20 Å². The van der Waals surface area contributed by atoms with Gasteiger partial charge in [-0.3, -0.25) is 10.4 Å². The molecule has 0 radical (unpaired) electrons. The number of pyridine rings is 1. The van der Waals surface area contributed by atoms with Gasteiger partial charge >= 0.3 is 0 Å². The molecule has 0 amide bonds. The number of rotatable bonds is 5. The third kappa shape index (κ3) is 3.52. The fourth-order valence-electron chi connectivity index (χ4n) is 1.63. The molecule has 2 rings (SSSR count). The summed E-state index contributed by atoms with van der Waals surface area (Å²) in [7, 11) is 1.91. The Bertz CT molecular complexity index is 533. The van der Waals surface area contributed by atoms with Crippen molar-refractivity contribution in [2.24, 2.45) is 5.84 Å². The van der Waals surface area contributed by atoms with E-state index in [1.807, 2.05) is 30.1 Å². The summed E-state index contributed by atoms with van der Waals surface area (Å²) >= 11 is 6.08. The monoisotopic (exact) mass is 278 g/mol. The van der Waals surface area contributed by atoms with Gasteiger partial charge in [-0.1, -0.05) is 17.7 Å². The van der Waals surface area contributed by atoms with Crippen LogP contribution < -0.4 is 16.2 Å². The van der Waals surface area contributed by atoms with Crippen molar-refractivity contribution in [3.8, 4) is 0 Å². The number of anilines is 2. The van der Waals surface area contributed by atoms with Crippen LogP contribution in [0.25, 0.3) is 0 Å². The van der Waals surface area contributed by atoms with Crippen LogP contribution in [0, 0.1) is 0 Å². The van der Waals surface area contributed by atoms with Gasteiger partial charge in [0, 0.05) is 31.9 Å². The number of nitrogens with zero attached hydrogens (tertiary/aromatic N) is 4. The number of nitrogens with two attached hydrogens (primary N) is 1. The Morgan fingerprint density at radius 3 is 2.89 bits per heavy atom. The van der Waals surface area contributed by atoms with E-state index in [2.05, 4.69) is 20.4 Å². The fraction of sp³-hybridized carbons (Fsp3) is 0.250. The first-order valence-corrected chi connectivity index (χ1v) is 6.18. The van der Waals surface area contributed by atoms with Crippen LogP contribution in [-0.2, 0) is 6.42 Å². The average molecular weight is 279 g/mol. The minimum Gasteiger partial charge on any atom is -0.358 e.